The van der Waals surface area contributed by atoms with Gasteiger partial charge in [-0.3, -0.25) is 32.5 Å². The minimum atomic E-state index is -4.91. The maximum absolute atomic E-state index is 12.8. The van der Waals surface area contributed by atoms with Crippen LogP contribution in [0.3, 0.4) is 0 Å². The van der Waals surface area contributed by atoms with Gasteiger partial charge in [0.1, 0.15) is 25.4 Å². The Morgan fingerprint density at radius 3 is 1.16 bits per heavy atom. The van der Waals surface area contributed by atoms with Gasteiger partial charge in [-0.25, -0.2) is 9.13 Å². The number of ether oxygens (including phenoxy) is 3. The number of unbranched alkanes of at least 4 members (excludes halogenated alkanes) is 20. The second kappa shape index (κ2) is 53.6. The van der Waals surface area contributed by atoms with Crippen molar-refractivity contribution in [1.29, 1.82) is 0 Å². The van der Waals surface area contributed by atoms with Crippen LogP contribution in [-0.4, -0.2) is 95.9 Å². The molecular formula is C59H104O16P2. The van der Waals surface area contributed by atoms with Crippen molar-refractivity contribution >= 4 is 33.6 Å². The van der Waals surface area contributed by atoms with Gasteiger partial charge < -0.3 is 34.2 Å². The highest BCUT2D eigenvalue weighted by Crippen LogP contribution is 2.45. The zero-order chi connectivity index (χ0) is 56.8. The molecule has 0 fully saturated rings. The Kier molecular flexibility index (Phi) is 51.5. The molecule has 0 rings (SSSR count). The van der Waals surface area contributed by atoms with Gasteiger partial charge in [0, 0.05) is 19.3 Å². The molecule has 0 aromatic rings. The lowest BCUT2D eigenvalue weighted by molar-refractivity contribution is -0.161. The number of phosphoric acid groups is 2. The number of rotatable bonds is 55. The highest BCUT2D eigenvalue weighted by molar-refractivity contribution is 7.47. The summed E-state index contributed by atoms with van der Waals surface area (Å²) in [6.45, 7) is 2.42. The van der Waals surface area contributed by atoms with Crippen molar-refractivity contribution in [3.8, 4) is 0 Å². The van der Waals surface area contributed by atoms with Crippen molar-refractivity contribution < 1.29 is 75.8 Å². The van der Waals surface area contributed by atoms with Crippen molar-refractivity contribution in [2.45, 2.75) is 245 Å². The molecule has 0 amide bonds. The zero-order valence-electron chi connectivity index (χ0n) is 47.6. The van der Waals surface area contributed by atoms with E-state index >= 15 is 0 Å². The normalized spacial score (nSPS) is 15.1. The smallest absolute Gasteiger partial charge is 0.463 e. The molecule has 0 saturated carbocycles. The largest absolute Gasteiger partial charge is 0.472 e. The summed E-state index contributed by atoms with van der Waals surface area (Å²) >= 11 is 0. The van der Waals surface area contributed by atoms with E-state index in [1.165, 1.54) is 51.4 Å². The monoisotopic (exact) mass is 1130 g/mol. The van der Waals surface area contributed by atoms with Crippen LogP contribution >= 0.6 is 15.6 Å². The van der Waals surface area contributed by atoms with Crippen LogP contribution in [0.4, 0.5) is 0 Å². The molecule has 0 bridgehead atoms. The number of esters is 3. The average molecular weight is 1130 g/mol. The van der Waals surface area contributed by atoms with E-state index in [0.29, 0.717) is 19.3 Å². The molecular weight excluding hydrogens is 1030 g/mol. The van der Waals surface area contributed by atoms with E-state index in [-0.39, 0.29) is 19.3 Å². The van der Waals surface area contributed by atoms with Gasteiger partial charge in [0.2, 0.25) is 0 Å². The average Bonchev–Trinajstić information content (AvgIpc) is 3.40. The van der Waals surface area contributed by atoms with Gasteiger partial charge in [0.15, 0.2) is 6.10 Å². The Morgan fingerprint density at radius 1 is 0.377 bits per heavy atom. The lowest BCUT2D eigenvalue weighted by atomic mass is 10.1. The minimum Gasteiger partial charge on any atom is -0.463 e. The third kappa shape index (κ3) is 54.7. The Labute approximate surface area is 464 Å². The molecule has 0 aromatic heterocycles. The molecule has 77 heavy (non-hydrogen) atoms. The van der Waals surface area contributed by atoms with Crippen LogP contribution in [0, 0.1) is 0 Å². The van der Waals surface area contributed by atoms with E-state index in [2.05, 4.69) is 93.7 Å². The summed E-state index contributed by atoms with van der Waals surface area (Å²) in [7, 11) is -9.75. The Morgan fingerprint density at radius 2 is 0.701 bits per heavy atom. The third-order valence-corrected chi connectivity index (χ3v) is 13.8. The van der Waals surface area contributed by atoms with Gasteiger partial charge in [-0.15, -0.1) is 0 Å². The molecule has 0 radical (unpaired) electrons. The summed E-state index contributed by atoms with van der Waals surface area (Å²) in [6, 6.07) is 0. The molecule has 4 N–H and O–H groups in total. The number of hydrogen-bond donors (Lipinski definition) is 4. The summed E-state index contributed by atoms with van der Waals surface area (Å²) in [4.78, 5) is 57.9. The molecule has 5 atom stereocenters. The first-order chi connectivity index (χ1) is 37.2. The standard InChI is InChI=1S/C59H104O16P2/c1-4-7-10-13-16-19-22-23-24-25-26-27-28-29-32-34-36-39-42-45-57(62)69-48-54(60)49-71-76(65,66)72-50-55(61)51-73-77(67,68)74-53-56(75-59(64)47-44-41-38-35-31-21-18-15-12-9-6-3)52-70-58(63)46-43-40-37-33-30-20-17-14-11-8-5-2/h7,10,14,16-17,19,23-24,26-27,29,32,54-56,60-61H,4-6,8-9,11-13,15,18,20-22,25,28,30-31,33-53H2,1-3H3,(H,65,66)(H,67,68)/b10-7-,17-14-,19-16-,24-23-,27-26-,32-29-. The summed E-state index contributed by atoms with van der Waals surface area (Å²) in [5.41, 5.74) is 0. The number of phosphoric ester groups is 2. The van der Waals surface area contributed by atoms with Gasteiger partial charge in [0.25, 0.3) is 0 Å². The Hall–Kier alpha value is -3.01. The predicted molar refractivity (Wildman–Crippen MR) is 307 cm³/mol. The first-order valence-electron chi connectivity index (χ1n) is 29.2. The fraction of sp³-hybridized carbons (Fsp3) is 0.746. The molecule has 18 heteroatoms. The van der Waals surface area contributed by atoms with Gasteiger partial charge >= 0.3 is 33.6 Å². The van der Waals surface area contributed by atoms with Crippen molar-refractivity contribution in [3.63, 3.8) is 0 Å². The van der Waals surface area contributed by atoms with E-state index in [9.17, 15) is 43.5 Å². The number of aliphatic hydroxyl groups excluding tert-OH is 2. The number of carbonyl (C=O) groups is 3. The quantitative estimate of drug-likeness (QED) is 0.0146. The summed E-state index contributed by atoms with van der Waals surface area (Å²) in [5.74, 6) is -1.62. The number of carbonyl (C=O) groups excluding carboxylic acids is 3. The highest BCUT2D eigenvalue weighted by Gasteiger charge is 2.29. The van der Waals surface area contributed by atoms with Crippen LogP contribution in [0.5, 0.6) is 0 Å². The van der Waals surface area contributed by atoms with Crippen LogP contribution in [0.25, 0.3) is 0 Å². The molecule has 0 aromatic carbocycles. The summed E-state index contributed by atoms with van der Waals surface area (Å²) < 4.78 is 60.4. The zero-order valence-corrected chi connectivity index (χ0v) is 49.4. The van der Waals surface area contributed by atoms with E-state index in [1.54, 1.807) is 0 Å². The second-order valence-corrected chi connectivity index (χ2v) is 22.3. The summed E-state index contributed by atoms with van der Waals surface area (Å²) in [5, 5.41) is 20.4. The van der Waals surface area contributed by atoms with Crippen molar-refractivity contribution in [3.05, 3.63) is 72.9 Å². The molecule has 0 aliphatic heterocycles. The van der Waals surface area contributed by atoms with Crippen LogP contribution in [-0.2, 0) is 55.8 Å². The van der Waals surface area contributed by atoms with Gasteiger partial charge in [0.05, 0.1) is 26.4 Å². The maximum Gasteiger partial charge on any atom is 0.472 e. The number of allylic oxidation sites excluding steroid dienone is 12. The molecule has 446 valence electrons. The fourth-order valence-electron chi connectivity index (χ4n) is 7.40. The molecule has 0 aliphatic rings. The molecule has 0 heterocycles. The van der Waals surface area contributed by atoms with Crippen molar-refractivity contribution in [2.24, 2.45) is 0 Å². The third-order valence-electron chi connectivity index (χ3n) is 11.9. The fourth-order valence-corrected chi connectivity index (χ4v) is 8.98. The van der Waals surface area contributed by atoms with Crippen molar-refractivity contribution in [1.82, 2.24) is 0 Å². The lowest BCUT2D eigenvalue weighted by Crippen LogP contribution is -2.30. The van der Waals surface area contributed by atoms with Crippen LogP contribution in [0.1, 0.15) is 226 Å². The second-order valence-electron chi connectivity index (χ2n) is 19.4. The SMILES string of the molecule is CC/C=C\C/C=C\C/C=C\C/C=C\C/C=C\CCCCCC(=O)OCC(O)COP(=O)(O)OCC(O)COP(=O)(O)OCC(COC(=O)CCCCCCC/C=C\CCCC)OC(=O)CCCCCCCCCCCCC. The number of hydrogen-bond acceptors (Lipinski definition) is 14. The number of aliphatic hydroxyl groups is 2. The van der Waals surface area contributed by atoms with Gasteiger partial charge in [-0.05, 0) is 83.5 Å². The highest BCUT2D eigenvalue weighted by atomic mass is 31.2. The van der Waals surface area contributed by atoms with Crippen LogP contribution < -0.4 is 0 Å². The van der Waals surface area contributed by atoms with Gasteiger partial charge in [-0.2, -0.15) is 0 Å². The molecule has 0 saturated heterocycles. The predicted octanol–water partition coefficient (Wildman–Crippen LogP) is 14.9. The van der Waals surface area contributed by atoms with E-state index < -0.39 is 91.5 Å². The van der Waals surface area contributed by atoms with Gasteiger partial charge in [-0.1, -0.05) is 196 Å². The molecule has 0 spiro atoms. The Balaban J connectivity index is 4.61. The lowest BCUT2D eigenvalue weighted by Gasteiger charge is -2.21. The topological polar surface area (TPSA) is 231 Å². The van der Waals surface area contributed by atoms with Crippen molar-refractivity contribution in [2.75, 3.05) is 39.6 Å². The maximum atomic E-state index is 12.8. The molecule has 5 unspecified atom stereocenters. The van der Waals surface area contributed by atoms with Crippen LogP contribution in [0.2, 0.25) is 0 Å². The molecule has 16 nitrogen and oxygen atoms in total. The van der Waals surface area contributed by atoms with E-state index in [4.69, 9.17) is 32.3 Å². The van der Waals surface area contributed by atoms with Crippen LogP contribution in [0.15, 0.2) is 72.9 Å². The first-order valence-corrected chi connectivity index (χ1v) is 32.2. The summed E-state index contributed by atoms with van der Waals surface area (Å²) in [6.07, 6.45) is 51.3. The molecule has 0 aliphatic carbocycles. The first kappa shape index (κ1) is 74.0. The van der Waals surface area contributed by atoms with E-state index in [1.807, 2.05) is 0 Å². The Bertz CT molecular complexity index is 1710. The minimum absolute atomic E-state index is 0.106. The van der Waals surface area contributed by atoms with E-state index in [0.717, 1.165) is 116 Å².